The maximum atomic E-state index is 11.5. The Hall–Kier alpha value is -0.610. The molecule has 2 N–H and O–H groups in total. The highest BCUT2D eigenvalue weighted by Crippen LogP contribution is 1.90. The maximum absolute atomic E-state index is 11.5. The average Bonchev–Trinajstić information content (AvgIpc) is 2.19. The van der Waals surface area contributed by atoms with Gasteiger partial charge in [-0.25, -0.2) is 0 Å². The molecule has 84 valence electrons. The summed E-state index contributed by atoms with van der Waals surface area (Å²) in [4.78, 5) is 13.3. The molecule has 0 rings (SSSR count). The predicted octanol–water partition coefficient (Wildman–Crippen LogP) is 0.0728. The van der Waals surface area contributed by atoms with E-state index in [1.165, 1.54) is 0 Å². The standard InChI is InChI=1S/C10H22N2O2/c1-4-12(5-2)10(14)7-11-6-9(3)8-13/h9,11,13H,4-8H2,1-3H3. The molecule has 0 bridgehead atoms. The first-order chi connectivity index (χ1) is 6.65. The van der Waals surface area contributed by atoms with Gasteiger partial charge in [-0.05, 0) is 19.8 Å². The van der Waals surface area contributed by atoms with Crippen molar-refractivity contribution >= 4 is 5.91 Å². The lowest BCUT2D eigenvalue weighted by Crippen LogP contribution is -2.39. The van der Waals surface area contributed by atoms with Gasteiger partial charge >= 0.3 is 0 Å². The van der Waals surface area contributed by atoms with E-state index < -0.39 is 0 Å². The van der Waals surface area contributed by atoms with E-state index >= 15 is 0 Å². The fourth-order valence-electron chi connectivity index (χ4n) is 1.18. The number of nitrogens with one attached hydrogen (secondary N) is 1. The van der Waals surface area contributed by atoms with Crippen LogP contribution in [0.5, 0.6) is 0 Å². The Kier molecular flexibility index (Phi) is 7.42. The molecule has 0 heterocycles. The molecular weight excluding hydrogens is 180 g/mol. The third kappa shape index (κ3) is 5.19. The van der Waals surface area contributed by atoms with E-state index in [0.29, 0.717) is 13.1 Å². The summed E-state index contributed by atoms with van der Waals surface area (Å²) in [6.45, 7) is 8.60. The van der Waals surface area contributed by atoms with E-state index in [4.69, 9.17) is 5.11 Å². The Labute approximate surface area is 86.3 Å². The molecule has 1 amide bonds. The summed E-state index contributed by atoms with van der Waals surface area (Å²) in [6, 6.07) is 0. The van der Waals surface area contributed by atoms with Gasteiger partial charge in [0.15, 0.2) is 0 Å². The lowest BCUT2D eigenvalue weighted by molar-refractivity contribution is -0.129. The molecule has 1 atom stereocenters. The quantitative estimate of drug-likeness (QED) is 0.614. The number of aliphatic hydroxyl groups is 1. The van der Waals surface area contributed by atoms with Gasteiger partial charge < -0.3 is 15.3 Å². The predicted molar refractivity (Wildman–Crippen MR) is 57.0 cm³/mol. The van der Waals surface area contributed by atoms with Gasteiger partial charge in [0.05, 0.1) is 6.54 Å². The van der Waals surface area contributed by atoms with E-state index in [0.717, 1.165) is 13.1 Å². The summed E-state index contributed by atoms with van der Waals surface area (Å²) in [5.74, 6) is 0.333. The Morgan fingerprint density at radius 2 is 2.00 bits per heavy atom. The normalized spacial score (nSPS) is 12.6. The van der Waals surface area contributed by atoms with Crippen LogP contribution in [0.25, 0.3) is 0 Å². The van der Waals surface area contributed by atoms with Gasteiger partial charge in [-0.2, -0.15) is 0 Å². The zero-order valence-electron chi connectivity index (χ0n) is 9.42. The van der Waals surface area contributed by atoms with Crippen LogP contribution in [0.1, 0.15) is 20.8 Å². The van der Waals surface area contributed by atoms with Crippen LogP contribution in [0.4, 0.5) is 0 Å². The van der Waals surface area contributed by atoms with E-state index in [9.17, 15) is 4.79 Å². The van der Waals surface area contributed by atoms with Gasteiger partial charge in [0.2, 0.25) is 5.91 Å². The third-order valence-corrected chi connectivity index (χ3v) is 2.20. The molecular formula is C10H22N2O2. The monoisotopic (exact) mass is 202 g/mol. The highest BCUT2D eigenvalue weighted by molar-refractivity contribution is 5.78. The Morgan fingerprint density at radius 1 is 1.43 bits per heavy atom. The third-order valence-electron chi connectivity index (χ3n) is 2.20. The minimum Gasteiger partial charge on any atom is -0.396 e. The van der Waals surface area contributed by atoms with Crippen LogP contribution in [0, 0.1) is 5.92 Å². The number of carbonyl (C=O) groups excluding carboxylic acids is 1. The van der Waals surface area contributed by atoms with Crippen LogP contribution in [0.2, 0.25) is 0 Å². The number of hydrogen-bond donors (Lipinski definition) is 2. The SMILES string of the molecule is CCN(CC)C(=O)CNCC(C)CO. The van der Waals surface area contributed by atoms with E-state index in [1.54, 1.807) is 4.90 Å². The summed E-state index contributed by atoms with van der Waals surface area (Å²) >= 11 is 0. The van der Waals surface area contributed by atoms with Gasteiger partial charge in [0.1, 0.15) is 0 Å². The van der Waals surface area contributed by atoms with Gasteiger partial charge in [0, 0.05) is 26.2 Å². The van der Waals surface area contributed by atoms with Gasteiger partial charge in [0.25, 0.3) is 0 Å². The molecule has 1 unspecified atom stereocenters. The van der Waals surface area contributed by atoms with Crippen molar-refractivity contribution in [2.75, 3.05) is 32.8 Å². The molecule has 14 heavy (non-hydrogen) atoms. The number of hydrogen-bond acceptors (Lipinski definition) is 3. The molecule has 4 nitrogen and oxygen atoms in total. The van der Waals surface area contributed by atoms with Crippen molar-refractivity contribution in [1.29, 1.82) is 0 Å². The van der Waals surface area contributed by atoms with Crippen LogP contribution in [-0.2, 0) is 4.79 Å². The number of amides is 1. The lowest BCUT2D eigenvalue weighted by atomic mass is 10.2. The second-order valence-electron chi connectivity index (χ2n) is 3.48. The van der Waals surface area contributed by atoms with Gasteiger partial charge in [-0.15, -0.1) is 0 Å². The number of aliphatic hydroxyl groups excluding tert-OH is 1. The highest BCUT2D eigenvalue weighted by atomic mass is 16.3. The molecule has 0 aliphatic heterocycles. The molecule has 4 heteroatoms. The Balaban J connectivity index is 3.62. The van der Waals surface area contributed by atoms with Crippen molar-refractivity contribution in [3.63, 3.8) is 0 Å². The minimum absolute atomic E-state index is 0.125. The molecule has 0 saturated carbocycles. The fraction of sp³-hybridized carbons (Fsp3) is 0.900. The molecule has 0 aromatic heterocycles. The van der Waals surface area contributed by atoms with Crippen LogP contribution in [0.15, 0.2) is 0 Å². The zero-order chi connectivity index (χ0) is 11.0. The van der Waals surface area contributed by atoms with Crippen LogP contribution in [0.3, 0.4) is 0 Å². The average molecular weight is 202 g/mol. The molecule has 0 saturated heterocycles. The number of nitrogens with zero attached hydrogens (tertiary/aromatic N) is 1. The van der Waals surface area contributed by atoms with E-state index in [-0.39, 0.29) is 18.4 Å². The van der Waals surface area contributed by atoms with Crippen molar-refractivity contribution in [1.82, 2.24) is 10.2 Å². The van der Waals surface area contributed by atoms with Crippen molar-refractivity contribution in [2.45, 2.75) is 20.8 Å². The summed E-state index contributed by atoms with van der Waals surface area (Å²) in [5, 5.41) is 11.8. The van der Waals surface area contributed by atoms with Gasteiger partial charge in [-0.1, -0.05) is 6.92 Å². The molecule has 0 spiro atoms. The van der Waals surface area contributed by atoms with Gasteiger partial charge in [-0.3, -0.25) is 4.79 Å². The van der Waals surface area contributed by atoms with Crippen molar-refractivity contribution in [3.05, 3.63) is 0 Å². The smallest absolute Gasteiger partial charge is 0.236 e. The van der Waals surface area contributed by atoms with E-state index in [2.05, 4.69) is 5.32 Å². The lowest BCUT2D eigenvalue weighted by Gasteiger charge is -2.19. The first-order valence-electron chi connectivity index (χ1n) is 5.25. The zero-order valence-corrected chi connectivity index (χ0v) is 9.42. The Bertz CT molecular complexity index is 158. The number of carbonyl (C=O) groups is 1. The molecule has 0 fully saturated rings. The van der Waals surface area contributed by atoms with Crippen molar-refractivity contribution in [3.8, 4) is 0 Å². The topological polar surface area (TPSA) is 52.6 Å². The van der Waals surface area contributed by atoms with Crippen LogP contribution in [-0.4, -0.2) is 48.7 Å². The second kappa shape index (κ2) is 7.76. The van der Waals surface area contributed by atoms with Crippen molar-refractivity contribution in [2.24, 2.45) is 5.92 Å². The van der Waals surface area contributed by atoms with Crippen LogP contribution >= 0.6 is 0 Å². The minimum atomic E-state index is 0.125. The number of rotatable bonds is 7. The number of likely N-dealkylation sites (N-methyl/N-ethyl adjacent to an activating group) is 1. The molecule has 0 aliphatic carbocycles. The summed E-state index contributed by atoms with van der Waals surface area (Å²) in [7, 11) is 0. The molecule has 0 aliphatic rings. The first kappa shape index (κ1) is 13.4. The summed E-state index contributed by atoms with van der Waals surface area (Å²) < 4.78 is 0. The highest BCUT2D eigenvalue weighted by Gasteiger charge is 2.08. The molecule has 0 radical (unpaired) electrons. The fourth-order valence-corrected chi connectivity index (χ4v) is 1.18. The van der Waals surface area contributed by atoms with Crippen LogP contribution < -0.4 is 5.32 Å². The summed E-state index contributed by atoms with van der Waals surface area (Å²) in [6.07, 6.45) is 0. The molecule has 0 aromatic rings. The van der Waals surface area contributed by atoms with Crippen molar-refractivity contribution < 1.29 is 9.90 Å². The maximum Gasteiger partial charge on any atom is 0.236 e. The largest absolute Gasteiger partial charge is 0.396 e. The van der Waals surface area contributed by atoms with E-state index in [1.807, 2.05) is 20.8 Å². The summed E-state index contributed by atoms with van der Waals surface area (Å²) in [5.41, 5.74) is 0. The second-order valence-corrected chi connectivity index (χ2v) is 3.48. The Morgan fingerprint density at radius 3 is 2.43 bits per heavy atom. The molecule has 0 aromatic carbocycles. The first-order valence-corrected chi connectivity index (χ1v) is 5.25.